The maximum Gasteiger partial charge on any atom is 0.325 e. The molecule has 1 heterocycles. The van der Waals surface area contributed by atoms with Gasteiger partial charge >= 0.3 is 5.97 Å². The van der Waals surface area contributed by atoms with Gasteiger partial charge in [-0.1, -0.05) is 0 Å². The van der Waals surface area contributed by atoms with Crippen molar-refractivity contribution in [1.82, 2.24) is 10.2 Å². The molecule has 0 aromatic carbocycles. The third-order valence-electron chi connectivity index (χ3n) is 1.33. The third-order valence-corrected chi connectivity index (χ3v) is 1.33. The Hall–Kier alpha value is -1.85. The Balaban J connectivity index is 2.46. The molecule has 70 valence electrons. The molecule has 0 bridgehead atoms. The second-order valence-corrected chi connectivity index (χ2v) is 2.27. The lowest BCUT2D eigenvalue weighted by atomic mass is 10.5. The van der Waals surface area contributed by atoms with Crippen LogP contribution in [-0.2, 0) is 9.53 Å². The van der Waals surface area contributed by atoms with Crippen molar-refractivity contribution in [3.63, 3.8) is 0 Å². The number of esters is 1. The van der Waals surface area contributed by atoms with Gasteiger partial charge in [-0.2, -0.15) is 0 Å². The fraction of sp³-hybridized carbons (Fsp3) is 0.286. The van der Waals surface area contributed by atoms with Crippen molar-refractivity contribution in [1.29, 1.82) is 0 Å². The van der Waals surface area contributed by atoms with Crippen LogP contribution in [-0.4, -0.2) is 29.8 Å². The van der Waals surface area contributed by atoms with E-state index in [1.807, 2.05) is 0 Å². The molecule has 6 nitrogen and oxygen atoms in total. The van der Waals surface area contributed by atoms with Crippen LogP contribution in [0.4, 0.5) is 11.6 Å². The average molecular weight is 182 g/mol. The number of nitrogens with two attached hydrogens (primary N) is 1. The van der Waals surface area contributed by atoms with Crippen LogP contribution in [0.1, 0.15) is 0 Å². The number of aromatic nitrogens is 2. The molecule has 0 aliphatic heterocycles. The summed E-state index contributed by atoms with van der Waals surface area (Å²) in [5.74, 6) is 0.460. The van der Waals surface area contributed by atoms with Gasteiger partial charge < -0.3 is 15.8 Å². The molecule has 0 unspecified atom stereocenters. The highest BCUT2D eigenvalue weighted by atomic mass is 16.5. The number of rotatable bonds is 3. The van der Waals surface area contributed by atoms with E-state index in [4.69, 9.17) is 5.73 Å². The van der Waals surface area contributed by atoms with Crippen molar-refractivity contribution in [2.45, 2.75) is 0 Å². The summed E-state index contributed by atoms with van der Waals surface area (Å²) < 4.78 is 4.42. The Morgan fingerprint density at radius 1 is 1.62 bits per heavy atom. The van der Waals surface area contributed by atoms with Gasteiger partial charge in [0, 0.05) is 0 Å². The third kappa shape index (κ3) is 2.94. The largest absolute Gasteiger partial charge is 0.468 e. The van der Waals surface area contributed by atoms with Gasteiger partial charge in [-0.05, 0) is 12.1 Å². The molecular formula is C7H10N4O2. The molecule has 0 aliphatic carbocycles. The van der Waals surface area contributed by atoms with E-state index in [0.717, 1.165) is 0 Å². The molecular weight excluding hydrogens is 172 g/mol. The molecule has 13 heavy (non-hydrogen) atoms. The number of hydrogen-bond donors (Lipinski definition) is 2. The Morgan fingerprint density at radius 3 is 2.92 bits per heavy atom. The topological polar surface area (TPSA) is 90.1 Å². The van der Waals surface area contributed by atoms with Gasteiger partial charge in [0.1, 0.15) is 18.2 Å². The summed E-state index contributed by atoms with van der Waals surface area (Å²) in [5, 5.41) is 10.0. The molecule has 0 atom stereocenters. The van der Waals surface area contributed by atoms with Crippen molar-refractivity contribution >= 4 is 17.6 Å². The maximum absolute atomic E-state index is 10.7. The Morgan fingerprint density at radius 2 is 2.38 bits per heavy atom. The summed E-state index contributed by atoms with van der Waals surface area (Å²) in [5.41, 5.74) is 5.32. The standard InChI is InChI=1S/C7H10N4O2/c1-13-7(12)4-9-6-3-2-5(8)10-11-6/h2-3H,4H2,1H3,(H2,8,10)(H,9,11). The lowest BCUT2D eigenvalue weighted by Gasteiger charge is -2.02. The number of ether oxygens (including phenoxy) is 1. The van der Waals surface area contributed by atoms with Gasteiger partial charge in [-0.15, -0.1) is 10.2 Å². The van der Waals surface area contributed by atoms with Crippen LogP contribution in [0.2, 0.25) is 0 Å². The normalized spacial score (nSPS) is 9.31. The molecule has 0 spiro atoms. The summed E-state index contributed by atoms with van der Waals surface area (Å²) >= 11 is 0. The predicted molar refractivity (Wildman–Crippen MR) is 47.0 cm³/mol. The van der Waals surface area contributed by atoms with E-state index in [1.165, 1.54) is 7.11 Å². The first-order chi connectivity index (χ1) is 6.22. The zero-order valence-corrected chi connectivity index (χ0v) is 7.15. The number of carbonyl (C=O) groups is 1. The van der Waals surface area contributed by atoms with Crippen molar-refractivity contribution in [2.24, 2.45) is 0 Å². The van der Waals surface area contributed by atoms with Crippen LogP contribution in [0.5, 0.6) is 0 Å². The quantitative estimate of drug-likeness (QED) is 0.620. The molecule has 1 aromatic rings. The summed E-state index contributed by atoms with van der Waals surface area (Å²) in [6.45, 7) is 0.0646. The first kappa shape index (κ1) is 9.24. The summed E-state index contributed by atoms with van der Waals surface area (Å²) in [4.78, 5) is 10.7. The number of carbonyl (C=O) groups excluding carboxylic acids is 1. The van der Waals surface area contributed by atoms with E-state index in [2.05, 4.69) is 20.3 Å². The Labute approximate surface area is 75.1 Å². The Kier molecular flexibility index (Phi) is 3.02. The minimum absolute atomic E-state index is 0.0646. The van der Waals surface area contributed by atoms with Crippen LogP contribution in [0, 0.1) is 0 Å². The minimum Gasteiger partial charge on any atom is -0.468 e. The fourth-order valence-corrected chi connectivity index (χ4v) is 0.672. The first-order valence-electron chi connectivity index (χ1n) is 3.62. The van der Waals surface area contributed by atoms with Crippen molar-refractivity contribution in [2.75, 3.05) is 24.7 Å². The number of nitrogens with zero attached hydrogens (tertiary/aromatic N) is 2. The predicted octanol–water partition coefficient (Wildman–Crippen LogP) is -0.356. The van der Waals surface area contributed by atoms with E-state index in [1.54, 1.807) is 12.1 Å². The summed E-state index contributed by atoms with van der Waals surface area (Å²) in [6.07, 6.45) is 0. The van der Waals surface area contributed by atoms with Crippen molar-refractivity contribution < 1.29 is 9.53 Å². The van der Waals surface area contributed by atoms with Crippen molar-refractivity contribution in [3.8, 4) is 0 Å². The number of hydrogen-bond acceptors (Lipinski definition) is 6. The SMILES string of the molecule is COC(=O)CNc1ccc(N)nn1. The molecule has 1 aromatic heterocycles. The van der Waals surface area contributed by atoms with E-state index in [-0.39, 0.29) is 12.5 Å². The first-order valence-corrected chi connectivity index (χ1v) is 3.62. The molecule has 6 heteroatoms. The second-order valence-electron chi connectivity index (χ2n) is 2.27. The fourth-order valence-electron chi connectivity index (χ4n) is 0.672. The average Bonchev–Trinajstić information content (AvgIpc) is 2.16. The Bertz CT molecular complexity index is 285. The number of anilines is 2. The lowest BCUT2D eigenvalue weighted by Crippen LogP contribution is -2.15. The van der Waals surface area contributed by atoms with E-state index in [9.17, 15) is 4.79 Å². The highest BCUT2D eigenvalue weighted by Gasteiger charge is 2.00. The van der Waals surface area contributed by atoms with Gasteiger partial charge in [0.05, 0.1) is 7.11 Å². The second kappa shape index (κ2) is 4.24. The molecule has 1 rings (SSSR count). The van der Waals surface area contributed by atoms with E-state index in [0.29, 0.717) is 11.6 Å². The summed E-state index contributed by atoms with van der Waals surface area (Å²) in [6, 6.07) is 3.22. The lowest BCUT2D eigenvalue weighted by molar-refractivity contribution is -0.138. The molecule has 0 fully saturated rings. The minimum atomic E-state index is -0.362. The number of nitrogens with one attached hydrogen (secondary N) is 1. The zero-order valence-electron chi connectivity index (χ0n) is 7.15. The molecule has 3 N–H and O–H groups in total. The van der Waals surface area contributed by atoms with Crippen LogP contribution in [0.25, 0.3) is 0 Å². The van der Waals surface area contributed by atoms with Crippen LogP contribution >= 0.6 is 0 Å². The zero-order chi connectivity index (χ0) is 9.68. The molecule has 0 saturated carbocycles. The van der Waals surface area contributed by atoms with Gasteiger partial charge in [-0.3, -0.25) is 4.79 Å². The maximum atomic E-state index is 10.7. The number of methoxy groups -OCH3 is 1. The smallest absolute Gasteiger partial charge is 0.325 e. The molecule has 0 aliphatic rings. The van der Waals surface area contributed by atoms with Gasteiger partial charge in [0.2, 0.25) is 0 Å². The van der Waals surface area contributed by atoms with E-state index >= 15 is 0 Å². The van der Waals surface area contributed by atoms with Gasteiger partial charge in [-0.25, -0.2) is 0 Å². The van der Waals surface area contributed by atoms with Crippen molar-refractivity contribution in [3.05, 3.63) is 12.1 Å². The van der Waals surface area contributed by atoms with Gasteiger partial charge in [0.15, 0.2) is 0 Å². The highest BCUT2D eigenvalue weighted by molar-refractivity contribution is 5.74. The van der Waals surface area contributed by atoms with Gasteiger partial charge in [0.25, 0.3) is 0 Å². The number of nitrogen functional groups attached to an aromatic ring is 1. The van der Waals surface area contributed by atoms with Crippen LogP contribution < -0.4 is 11.1 Å². The molecule has 0 amide bonds. The highest BCUT2D eigenvalue weighted by Crippen LogP contribution is 2.01. The molecule has 0 radical (unpaired) electrons. The monoisotopic (exact) mass is 182 g/mol. The molecule has 0 saturated heterocycles. The summed E-state index contributed by atoms with van der Waals surface area (Å²) in [7, 11) is 1.32. The van der Waals surface area contributed by atoms with Crippen LogP contribution in [0.15, 0.2) is 12.1 Å². The van der Waals surface area contributed by atoms with E-state index < -0.39 is 0 Å². The van der Waals surface area contributed by atoms with Crippen LogP contribution in [0.3, 0.4) is 0 Å².